The van der Waals surface area contributed by atoms with Crippen LogP contribution in [0.1, 0.15) is 84.1 Å². The molecule has 0 saturated heterocycles. The van der Waals surface area contributed by atoms with Gasteiger partial charge in [0.2, 0.25) is 0 Å². The summed E-state index contributed by atoms with van der Waals surface area (Å²) < 4.78 is 127. The molecular formula is C52H48N3OPt-. The average Bonchev–Trinajstić information content (AvgIpc) is 3.67. The minimum atomic E-state index is -3.41. The van der Waals surface area contributed by atoms with Crippen molar-refractivity contribution in [2.45, 2.75) is 65.9 Å². The van der Waals surface area contributed by atoms with Gasteiger partial charge in [-0.05, 0) is 99.9 Å². The van der Waals surface area contributed by atoms with E-state index in [9.17, 15) is 5.11 Å². The second kappa shape index (κ2) is 15.4. The molecule has 4 nitrogen and oxygen atoms in total. The van der Waals surface area contributed by atoms with Crippen LogP contribution in [0.15, 0.2) is 140 Å². The number of imidazole rings is 1. The van der Waals surface area contributed by atoms with Crippen LogP contribution in [0.25, 0.3) is 72.7 Å². The fraction of sp³-hybridized carbons (Fsp3) is 0.192. The summed E-state index contributed by atoms with van der Waals surface area (Å²) in [5.74, 6) is 0.156. The molecule has 5 heteroatoms. The number of phenolic OH excluding ortho intramolecular Hbond substituents is 1. The van der Waals surface area contributed by atoms with Crippen molar-refractivity contribution in [2.75, 3.05) is 0 Å². The molecule has 0 aliphatic heterocycles. The number of aromatic hydroxyl groups is 1. The van der Waals surface area contributed by atoms with Gasteiger partial charge in [0.05, 0.1) is 16.6 Å². The molecule has 0 aliphatic carbocycles. The number of nitrogens with zero attached hydrogens (tertiary/aromatic N) is 3. The third kappa shape index (κ3) is 7.76. The molecule has 8 rings (SSSR count). The molecule has 0 aliphatic rings. The molecule has 0 amide bonds. The predicted octanol–water partition coefficient (Wildman–Crippen LogP) is 13.5. The summed E-state index contributed by atoms with van der Waals surface area (Å²) in [6, 6.07) is 40.3. The van der Waals surface area contributed by atoms with E-state index in [0.29, 0.717) is 61.4 Å². The number of pyridine rings is 1. The quantitative estimate of drug-likeness (QED) is 0.169. The van der Waals surface area contributed by atoms with E-state index in [4.69, 9.17) is 30.5 Å². The van der Waals surface area contributed by atoms with Crippen molar-refractivity contribution < 1.29 is 46.7 Å². The predicted molar refractivity (Wildman–Crippen MR) is 233 cm³/mol. The van der Waals surface area contributed by atoms with Crippen LogP contribution in [0.5, 0.6) is 5.75 Å². The first-order chi connectivity index (χ1) is 32.9. The zero-order valence-corrected chi connectivity index (χ0v) is 33.7. The van der Waals surface area contributed by atoms with E-state index in [2.05, 4.69) is 26.8 Å². The molecule has 0 fully saturated rings. The van der Waals surface area contributed by atoms with Gasteiger partial charge in [0.25, 0.3) is 0 Å². The van der Waals surface area contributed by atoms with Crippen molar-refractivity contribution in [3.8, 4) is 67.5 Å². The van der Waals surface area contributed by atoms with Gasteiger partial charge in [0, 0.05) is 59.2 Å². The number of fused-ring (bicyclic) bond motifs is 1. The molecule has 2 aromatic heterocycles. The number of hydrogen-bond acceptors (Lipinski definition) is 3. The van der Waals surface area contributed by atoms with Crippen LogP contribution >= 0.6 is 0 Å². The second-order valence-electron chi connectivity index (χ2n) is 14.9. The molecule has 0 bridgehead atoms. The molecule has 0 atom stereocenters. The maximum atomic E-state index is 11.4. The molecule has 0 saturated carbocycles. The van der Waals surface area contributed by atoms with Crippen LogP contribution in [0.2, 0.25) is 0 Å². The van der Waals surface area contributed by atoms with E-state index < -0.39 is 45.1 Å². The summed E-state index contributed by atoms with van der Waals surface area (Å²) in [7, 11) is 0. The van der Waals surface area contributed by atoms with Crippen LogP contribution < -0.4 is 0 Å². The van der Waals surface area contributed by atoms with E-state index in [-0.39, 0.29) is 54.9 Å². The van der Waals surface area contributed by atoms with Crippen LogP contribution in [-0.4, -0.2) is 19.6 Å². The van der Waals surface area contributed by atoms with Crippen molar-refractivity contribution in [1.29, 1.82) is 0 Å². The molecule has 288 valence electrons. The minimum absolute atomic E-state index is 0. The Morgan fingerprint density at radius 2 is 1.37 bits per heavy atom. The first-order valence-corrected chi connectivity index (χ1v) is 18.1. The second-order valence-corrected chi connectivity index (χ2v) is 14.9. The molecular weight excluding hydrogens is 878 g/mol. The topological polar surface area (TPSA) is 50.9 Å². The van der Waals surface area contributed by atoms with Gasteiger partial charge in [-0.1, -0.05) is 137 Å². The van der Waals surface area contributed by atoms with Crippen LogP contribution in [-0.2, 0) is 31.9 Å². The molecule has 6 aromatic carbocycles. The number of hydrogen-bond donors (Lipinski definition) is 1. The largest absolute Gasteiger partial charge is 0.507 e. The zero-order chi connectivity index (χ0) is 51.9. The molecule has 0 unspecified atom stereocenters. The van der Waals surface area contributed by atoms with E-state index in [1.54, 1.807) is 77.5 Å². The SMILES string of the molecule is [2H]C([2H])([2H])c1cc(-n2c(-c3ccccc3O)nc3c(-c4[c-]c(-c5cc(-c6ccc(C(C([2H])([2H])[2H])(C([2H])([2H])[2H])C([2H])([2H])[2H])cc6)ccn5)cc(C(C)(C)C)c4)cccc32)cc(-c2ccccc2)c1C([2H])([2H])[2H].[Pt]. The minimum Gasteiger partial charge on any atom is -0.507 e. The Bertz CT molecular complexity index is 3260. The maximum absolute atomic E-state index is 11.4. The third-order valence-corrected chi connectivity index (χ3v) is 10.0. The van der Waals surface area contributed by atoms with Gasteiger partial charge in [0.15, 0.2) is 0 Å². The zero-order valence-electron chi connectivity index (χ0n) is 46.4. The van der Waals surface area contributed by atoms with Gasteiger partial charge in [-0.2, -0.15) is 0 Å². The number of phenols is 1. The normalized spacial score (nSPS) is 16.8. The Morgan fingerprint density at radius 3 is 2.09 bits per heavy atom. The fourth-order valence-corrected chi connectivity index (χ4v) is 6.98. The fourth-order valence-electron chi connectivity index (χ4n) is 6.98. The van der Waals surface area contributed by atoms with E-state index >= 15 is 0 Å². The number of rotatable bonds is 6. The standard InChI is InChI=1S/C52H48N3O.Pt/c1-33-27-42(32-45(34(33)2)36-15-10-9-11-16-36)55-47-19-14-18-43(49(47)54-50(55)44-17-12-13-20-48(44)56)38-28-39(30-41(29-38)52(6,7)8)46-31-37(25-26-53-46)35-21-23-40(24-22-35)51(3,4)5;/h9-27,29-32,56H,1-8H3;/q-1;/i1D3,2D3,3D3,4D3,5D3;. The van der Waals surface area contributed by atoms with E-state index in [1.807, 2.05) is 30.3 Å². The van der Waals surface area contributed by atoms with Gasteiger partial charge in [-0.25, -0.2) is 4.98 Å². The first-order valence-electron chi connectivity index (χ1n) is 25.6. The van der Waals surface area contributed by atoms with Crippen molar-refractivity contribution in [3.63, 3.8) is 0 Å². The van der Waals surface area contributed by atoms with Crippen LogP contribution in [0, 0.1) is 19.8 Å². The summed E-state index contributed by atoms with van der Waals surface area (Å²) >= 11 is 0. The maximum Gasteiger partial charge on any atom is 0.148 e. The molecule has 2 heterocycles. The van der Waals surface area contributed by atoms with Gasteiger partial charge < -0.3 is 5.11 Å². The molecule has 0 radical (unpaired) electrons. The first kappa shape index (κ1) is 24.9. The average molecular weight is 941 g/mol. The monoisotopic (exact) mass is 940 g/mol. The van der Waals surface area contributed by atoms with E-state index in [1.165, 1.54) is 36.4 Å². The van der Waals surface area contributed by atoms with Crippen molar-refractivity contribution >= 4 is 11.0 Å². The Kier molecular flexibility index (Phi) is 6.74. The summed E-state index contributed by atoms with van der Waals surface area (Å²) in [5, 5.41) is 11.4. The smallest absolute Gasteiger partial charge is 0.148 e. The number of para-hydroxylation sites is 2. The molecule has 1 N–H and O–H groups in total. The van der Waals surface area contributed by atoms with Crippen molar-refractivity contribution in [1.82, 2.24) is 14.5 Å². The number of benzene rings is 6. The van der Waals surface area contributed by atoms with Gasteiger partial charge in [-0.3, -0.25) is 9.55 Å². The number of aromatic nitrogens is 3. The van der Waals surface area contributed by atoms with Crippen molar-refractivity contribution in [3.05, 3.63) is 168 Å². The third-order valence-electron chi connectivity index (χ3n) is 10.0. The number of aryl methyl sites for hydroxylation is 1. The van der Waals surface area contributed by atoms with Gasteiger partial charge in [-0.15, -0.1) is 29.3 Å². The Hall–Kier alpha value is -5.57. The van der Waals surface area contributed by atoms with Crippen molar-refractivity contribution in [2.24, 2.45) is 0 Å². The molecule has 0 spiro atoms. The summed E-state index contributed by atoms with van der Waals surface area (Å²) in [6.45, 7) is -9.71. The Labute approximate surface area is 372 Å². The molecule has 57 heavy (non-hydrogen) atoms. The summed E-state index contributed by atoms with van der Waals surface area (Å²) in [6.07, 6.45) is 1.59. The Morgan fingerprint density at radius 1 is 0.632 bits per heavy atom. The summed E-state index contributed by atoms with van der Waals surface area (Å²) in [5.41, 5.74) is 2.09. The summed E-state index contributed by atoms with van der Waals surface area (Å²) in [4.78, 5) is 9.90. The van der Waals surface area contributed by atoms with Crippen LogP contribution in [0.3, 0.4) is 0 Å². The van der Waals surface area contributed by atoms with Gasteiger partial charge >= 0.3 is 0 Å². The van der Waals surface area contributed by atoms with Gasteiger partial charge in [0.1, 0.15) is 11.6 Å². The Balaban J connectivity index is 0.00000760. The van der Waals surface area contributed by atoms with Crippen LogP contribution in [0.4, 0.5) is 0 Å². The van der Waals surface area contributed by atoms with E-state index in [0.717, 1.165) is 5.56 Å². The molecule has 8 aromatic rings.